The maximum atomic E-state index is 13.3. The maximum Gasteiger partial charge on any atom is 0.241 e. The summed E-state index contributed by atoms with van der Waals surface area (Å²) < 4.78 is 40.8. The number of hydrogen-bond donors (Lipinski definition) is 1. The number of sulfonamides is 1. The summed E-state index contributed by atoms with van der Waals surface area (Å²) in [6.45, 7) is 5.63. The Morgan fingerprint density at radius 1 is 1.24 bits per heavy atom. The molecule has 0 saturated heterocycles. The Bertz CT molecular complexity index is 546. The molecule has 0 fully saturated rings. The van der Waals surface area contributed by atoms with Crippen LogP contribution in [0.25, 0.3) is 0 Å². The van der Waals surface area contributed by atoms with Crippen LogP contribution in [0, 0.1) is 25.6 Å². The van der Waals surface area contributed by atoms with Crippen molar-refractivity contribution in [1.82, 2.24) is 4.72 Å². The molecule has 1 atom stereocenters. The third-order valence-corrected chi connectivity index (χ3v) is 5.42. The van der Waals surface area contributed by atoms with Gasteiger partial charge in [0.1, 0.15) is 5.82 Å². The maximum absolute atomic E-state index is 13.3. The Morgan fingerprint density at radius 3 is 2.29 bits per heavy atom. The zero-order valence-electron chi connectivity index (χ0n) is 12.7. The molecule has 1 rings (SSSR count). The highest BCUT2D eigenvalue weighted by Gasteiger charge is 2.21. The number of alkyl halides is 1. The van der Waals surface area contributed by atoms with Gasteiger partial charge in [-0.2, -0.15) is 0 Å². The lowest BCUT2D eigenvalue weighted by Gasteiger charge is -2.17. The molecule has 0 aliphatic rings. The van der Waals surface area contributed by atoms with Gasteiger partial charge >= 0.3 is 0 Å². The molecular weight excluding hydrogens is 313 g/mol. The fraction of sp³-hybridized carbons (Fsp3) is 0.600. The Balaban J connectivity index is 2.92. The van der Waals surface area contributed by atoms with Crippen LogP contribution in [0.1, 0.15) is 37.3 Å². The first-order valence-electron chi connectivity index (χ1n) is 7.14. The van der Waals surface area contributed by atoms with Gasteiger partial charge in [-0.1, -0.05) is 13.3 Å². The van der Waals surface area contributed by atoms with Crippen LogP contribution < -0.4 is 4.72 Å². The second kappa shape index (κ2) is 8.11. The molecule has 3 nitrogen and oxygen atoms in total. The fourth-order valence-electron chi connectivity index (χ4n) is 2.53. The zero-order valence-corrected chi connectivity index (χ0v) is 14.3. The molecule has 1 unspecified atom stereocenters. The number of hydrogen-bond acceptors (Lipinski definition) is 2. The van der Waals surface area contributed by atoms with Gasteiger partial charge in [-0.3, -0.25) is 0 Å². The molecule has 1 N–H and O–H groups in total. The number of rotatable bonds is 8. The normalized spacial score (nSPS) is 13.4. The van der Waals surface area contributed by atoms with Crippen LogP contribution in [0.3, 0.4) is 0 Å². The third-order valence-electron chi connectivity index (χ3n) is 3.47. The molecule has 0 spiro atoms. The van der Waals surface area contributed by atoms with E-state index in [0.29, 0.717) is 23.6 Å². The minimum Gasteiger partial charge on any atom is -0.211 e. The largest absolute Gasteiger partial charge is 0.241 e. The van der Waals surface area contributed by atoms with Crippen LogP contribution in [0.15, 0.2) is 17.0 Å². The molecule has 120 valence electrons. The Labute approximate surface area is 131 Å². The fourth-order valence-corrected chi connectivity index (χ4v) is 4.41. The molecule has 6 heteroatoms. The van der Waals surface area contributed by atoms with Crippen molar-refractivity contribution in [3.05, 3.63) is 29.1 Å². The summed E-state index contributed by atoms with van der Waals surface area (Å²) in [6, 6.07) is 2.48. The van der Waals surface area contributed by atoms with E-state index in [9.17, 15) is 12.8 Å². The standard InChI is InChI=1S/C15H23ClFNO2S/c1-4-5-13(6-7-16)10-18-21(19,20)15-11(2)8-14(17)9-12(15)3/h8-9,13,18H,4-7,10H2,1-3H3. The molecule has 0 aliphatic heterocycles. The summed E-state index contributed by atoms with van der Waals surface area (Å²) in [6.07, 6.45) is 2.69. The number of halogens is 2. The second-order valence-corrected chi connectivity index (χ2v) is 7.43. The number of benzene rings is 1. The van der Waals surface area contributed by atoms with Crippen molar-refractivity contribution in [2.45, 2.75) is 44.9 Å². The number of nitrogens with one attached hydrogen (secondary N) is 1. The van der Waals surface area contributed by atoms with Crippen molar-refractivity contribution in [3.63, 3.8) is 0 Å². The van der Waals surface area contributed by atoms with Crippen molar-refractivity contribution < 1.29 is 12.8 Å². The Morgan fingerprint density at radius 2 is 1.81 bits per heavy atom. The van der Waals surface area contributed by atoms with Crippen molar-refractivity contribution >= 4 is 21.6 Å². The zero-order chi connectivity index (χ0) is 16.0. The van der Waals surface area contributed by atoms with Crippen LogP contribution in [-0.4, -0.2) is 20.8 Å². The summed E-state index contributed by atoms with van der Waals surface area (Å²) in [4.78, 5) is 0.171. The predicted octanol–water partition coefficient (Wildman–Crippen LogP) is 3.77. The molecule has 0 bridgehead atoms. The van der Waals surface area contributed by atoms with Gasteiger partial charge in [0.2, 0.25) is 10.0 Å². The molecule has 1 aromatic rings. The summed E-state index contributed by atoms with van der Waals surface area (Å²) in [7, 11) is -3.63. The molecule has 0 saturated carbocycles. The van der Waals surface area contributed by atoms with E-state index in [4.69, 9.17) is 11.6 Å². The SMILES string of the molecule is CCCC(CCCl)CNS(=O)(=O)c1c(C)cc(F)cc1C. The first-order valence-corrected chi connectivity index (χ1v) is 9.16. The highest BCUT2D eigenvalue weighted by molar-refractivity contribution is 7.89. The van der Waals surface area contributed by atoms with E-state index < -0.39 is 15.8 Å². The summed E-state index contributed by atoms with van der Waals surface area (Å²) >= 11 is 5.75. The van der Waals surface area contributed by atoms with E-state index >= 15 is 0 Å². The molecule has 0 radical (unpaired) electrons. The molecule has 21 heavy (non-hydrogen) atoms. The minimum absolute atomic E-state index is 0.171. The average molecular weight is 336 g/mol. The summed E-state index contributed by atoms with van der Waals surface area (Å²) in [5, 5.41) is 0. The predicted molar refractivity (Wildman–Crippen MR) is 84.8 cm³/mol. The van der Waals surface area contributed by atoms with E-state index in [1.807, 2.05) is 0 Å². The lowest BCUT2D eigenvalue weighted by molar-refractivity contribution is 0.457. The van der Waals surface area contributed by atoms with Crippen LogP contribution >= 0.6 is 11.6 Å². The Kier molecular flexibility index (Phi) is 7.10. The van der Waals surface area contributed by atoms with Gasteiger partial charge in [0.05, 0.1) is 4.90 Å². The van der Waals surface area contributed by atoms with Crippen molar-refractivity contribution in [3.8, 4) is 0 Å². The van der Waals surface area contributed by atoms with Gasteiger partial charge in [0.25, 0.3) is 0 Å². The molecule has 0 aliphatic carbocycles. The smallest absolute Gasteiger partial charge is 0.211 e. The van der Waals surface area contributed by atoms with Crippen molar-refractivity contribution in [2.75, 3.05) is 12.4 Å². The first kappa shape index (κ1) is 18.4. The van der Waals surface area contributed by atoms with E-state index in [1.54, 1.807) is 13.8 Å². The van der Waals surface area contributed by atoms with Crippen LogP contribution in [-0.2, 0) is 10.0 Å². The van der Waals surface area contributed by atoms with Crippen molar-refractivity contribution in [2.24, 2.45) is 5.92 Å². The van der Waals surface area contributed by atoms with Crippen LogP contribution in [0.4, 0.5) is 4.39 Å². The Hall–Kier alpha value is -0.650. The summed E-state index contributed by atoms with van der Waals surface area (Å²) in [5.41, 5.74) is 0.841. The van der Waals surface area contributed by atoms with Gasteiger partial charge in [0.15, 0.2) is 0 Å². The van der Waals surface area contributed by atoms with Gasteiger partial charge < -0.3 is 0 Å². The number of aryl methyl sites for hydroxylation is 2. The molecule has 0 heterocycles. The lowest BCUT2D eigenvalue weighted by Crippen LogP contribution is -2.30. The van der Waals surface area contributed by atoms with Gasteiger partial charge in [-0.05, 0) is 55.9 Å². The van der Waals surface area contributed by atoms with Crippen LogP contribution in [0.2, 0.25) is 0 Å². The highest BCUT2D eigenvalue weighted by atomic mass is 35.5. The van der Waals surface area contributed by atoms with E-state index in [0.717, 1.165) is 19.3 Å². The molecule has 0 amide bonds. The minimum atomic E-state index is -3.63. The van der Waals surface area contributed by atoms with E-state index in [-0.39, 0.29) is 10.8 Å². The summed E-state index contributed by atoms with van der Waals surface area (Å²) in [5.74, 6) is 0.319. The van der Waals surface area contributed by atoms with Crippen molar-refractivity contribution in [1.29, 1.82) is 0 Å². The van der Waals surface area contributed by atoms with E-state index in [1.165, 1.54) is 12.1 Å². The topological polar surface area (TPSA) is 46.2 Å². The first-order chi connectivity index (χ1) is 9.81. The monoisotopic (exact) mass is 335 g/mol. The van der Waals surface area contributed by atoms with Gasteiger partial charge in [0, 0.05) is 12.4 Å². The van der Waals surface area contributed by atoms with Gasteiger partial charge in [-0.25, -0.2) is 17.5 Å². The van der Waals surface area contributed by atoms with Crippen LogP contribution in [0.5, 0.6) is 0 Å². The third kappa shape index (κ3) is 5.24. The average Bonchev–Trinajstić information content (AvgIpc) is 2.35. The molecule has 1 aromatic carbocycles. The lowest BCUT2D eigenvalue weighted by atomic mass is 10.0. The quantitative estimate of drug-likeness (QED) is 0.735. The molecular formula is C15H23ClFNO2S. The molecule has 0 aromatic heterocycles. The highest BCUT2D eigenvalue weighted by Crippen LogP contribution is 2.22. The van der Waals surface area contributed by atoms with Gasteiger partial charge in [-0.15, -0.1) is 11.6 Å². The second-order valence-electron chi connectivity index (χ2n) is 5.35. The van der Waals surface area contributed by atoms with E-state index in [2.05, 4.69) is 11.6 Å².